The topological polar surface area (TPSA) is 160 Å². The third-order valence-electron chi connectivity index (χ3n) is 11.1. The van der Waals surface area contributed by atoms with Crippen molar-refractivity contribution < 1.29 is 40.7 Å². The van der Waals surface area contributed by atoms with E-state index in [0.717, 1.165) is 25.1 Å². The third-order valence-corrected chi connectivity index (χ3v) is 11.1. The zero-order valence-corrected chi connectivity index (χ0v) is 29.6. The van der Waals surface area contributed by atoms with Gasteiger partial charge in [-0.25, -0.2) is 22.9 Å². The van der Waals surface area contributed by atoms with Gasteiger partial charge in [0.2, 0.25) is 11.8 Å². The van der Waals surface area contributed by atoms with Gasteiger partial charge in [-0.3, -0.25) is 38.8 Å². The number of benzene rings is 2. The largest absolute Gasteiger partial charge is 0.434 e. The molecule has 1 saturated carbocycles. The predicted octanol–water partition coefficient (Wildman–Crippen LogP) is 5.71. The molecule has 2 aliphatic heterocycles. The van der Waals surface area contributed by atoms with Gasteiger partial charge in [0.1, 0.15) is 17.3 Å². The number of hydrogen-bond donors (Lipinski definition) is 3. The molecule has 3 fully saturated rings. The van der Waals surface area contributed by atoms with E-state index in [1.165, 1.54) is 10.6 Å². The Hall–Kier alpha value is -5.59. The average Bonchev–Trinajstić information content (AvgIpc) is 3.73. The highest BCUT2D eigenvalue weighted by molar-refractivity contribution is 6.03. The molecule has 0 radical (unpaired) electrons. The second kappa shape index (κ2) is 14.2. The predicted molar refractivity (Wildman–Crippen MR) is 188 cm³/mol. The number of likely N-dealkylation sites (tertiary alicyclic amines) is 1. The Bertz CT molecular complexity index is 2420. The number of amides is 3. The lowest BCUT2D eigenvalue weighted by Gasteiger charge is -2.41. The molecule has 3 aromatic heterocycles. The number of carbonyl (C=O) groups excluding carboxylic acids is 3. The summed E-state index contributed by atoms with van der Waals surface area (Å²) in [5, 5.41) is 9.40. The molecule has 1 unspecified atom stereocenters. The van der Waals surface area contributed by atoms with E-state index < -0.39 is 71.2 Å². The molecule has 8 rings (SSSR count). The highest BCUT2D eigenvalue weighted by atomic mass is 19.4. The fraction of sp³-hybridized carbons (Fsp3) is 0.432. The first-order valence-corrected chi connectivity index (χ1v) is 18.2. The molecule has 5 aromatic rings. The first-order chi connectivity index (χ1) is 26.6. The summed E-state index contributed by atoms with van der Waals surface area (Å²) >= 11 is 0. The number of nitrogens with one attached hydrogen (secondary N) is 3. The highest BCUT2D eigenvalue weighted by Crippen LogP contribution is 2.43. The Kier molecular flexibility index (Phi) is 9.45. The summed E-state index contributed by atoms with van der Waals surface area (Å²) in [5.41, 5.74) is -1.57. The summed E-state index contributed by atoms with van der Waals surface area (Å²) in [7, 11) is 0. The molecule has 56 heavy (non-hydrogen) atoms. The number of fused-ring (bicyclic) bond motifs is 2. The SMILES string of the molecule is O=C1CCC(n2c(=O)[nH]c3c([C@@H]4CCN(CC5CCC(n6cc7cc(NC(=O)c8cncc(C(F)(F)F)n8)cc(F)c7n6)CC5)CC4(F)F)cccc32)C(=O)N1. The number of piperidine rings is 2. The van der Waals surface area contributed by atoms with E-state index in [4.69, 9.17) is 0 Å². The lowest BCUT2D eigenvalue weighted by molar-refractivity contribution is -0.141. The van der Waals surface area contributed by atoms with Crippen LogP contribution in [0.25, 0.3) is 21.9 Å². The minimum absolute atomic E-state index is 0.00126. The molecule has 2 aromatic carbocycles. The monoisotopic (exact) mass is 783 g/mol. The number of imide groups is 1. The summed E-state index contributed by atoms with van der Waals surface area (Å²) in [6, 6.07) is 6.25. The van der Waals surface area contributed by atoms with Crippen LogP contribution in [0.2, 0.25) is 0 Å². The molecule has 5 heterocycles. The summed E-state index contributed by atoms with van der Waals surface area (Å²) in [6.07, 6.45) is 1.34. The van der Waals surface area contributed by atoms with Crippen LogP contribution in [0.4, 0.5) is 32.0 Å². The molecule has 0 spiro atoms. The number of carbonyl (C=O) groups is 3. The summed E-state index contributed by atoms with van der Waals surface area (Å²) < 4.78 is 89.0. The average molecular weight is 784 g/mol. The second-order valence-corrected chi connectivity index (χ2v) is 14.8. The van der Waals surface area contributed by atoms with Crippen molar-refractivity contribution in [2.24, 2.45) is 5.92 Å². The van der Waals surface area contributed by atoms with Gasteiger partial charge in [-0.1, -0.05) is 12.1 Å². The minimum Gasteiger partial charge on any atom is -0.320 e. The number of aromatic amines is 1. The quantitative estimate of drug-likeness (QED) is 0.140. The van der Waals surface area contributed by atoms with Gasteiger partial charge in [-0.2, -0.15) is 18.3 Å². The molecule has 2 atom stereocenters. The number of anilines is 1. The Balaban J connectivity index is 0.890. The van der Waals surface area contributed by atoms with Crippen molar-refractivity contribution in [3.63, 3.8) is 0 Å². The van der Waals surface area contributed by atoms with E-state index >= 15 is 13.2 Å². The smallest absolute Gasteiger partial charge is 0.320 e. The van der Waals surface area contributed by atoms with Crippen molar-refractivity contribution >= 4 is 45.3 Å². The first kappa shape index (κ1) is 37.3. The van der Waals surface area contributed by atoms with Crippen LogP contribution in [0.5, 0.6) is 0 Å². The summed E-state index contributed by atoms with van der Waals surface area (Å²) in [6.45, 7) is 0.420. The molecule has 3 aliphatic rings. The Labute approximate surface area is 313 Å². The number of hydrogen-bond acceptors (Lipinski definition) is 8. The van der Waals surface area contributed by atoms with Gasteiger partial charge in [-0.15, -0.1) is 0 Å². The molecule has 1 aliphatic carbocycles. The van der Waals surface area contributed by atoms with Crippen LogP contribution in [-0.2, 0) is 15.8 Å². The highest BCUT2D eigenvalue weighted by Gasteiger charge is 2.47. The number of imidazole rings is 1. The second-order valence-electron chi connectivity index (χ2n) is 14.8. The zero-order chi connectivity index (χ0) is 39.5. The maximum Gasteiger partial charge on any atom is 0.434 e. The van der Waals surface area contributed by atoms with Gasteiger partial charge in [0.25, 0.3) is 11.8 Å². The summed E-state index contributed by atoms with van der Waals surface area (Å²) in [5.74, 6) is -6.90. The van der Waals surface area contributed by atoms with Crippen LogP contribution < -0.4 is 16.3 Å². The normalized spacial score (nSPS) is 23.4. The van der Waals surface area contributed by atoms with Crippen molar-refractivity contribution in [3.05, 3.63) is 82.2 Å². The summed E-state index contributed by atoms with van der Waals surface area (Å²) in [4.78, 5) is 61.1. The molecule has 3 amide bonds. The van der Waals surface area contributed by atoms with Crippen LogP contribution in [0, 0.1) is 11.7 Å². The van der Waals surface area contributed by atoms with E-state index in [2.05, 4.69) is 30.7 Å². The van der Waals surface area contributed by atoms with E-state index in [0.29, 0.717) is 48.6 Å². The van der Waals surface area contributed by atoms with Gasteiger partial charge in [-0.05, 0) is 74.8 Å². The Morgan fingerprint density at radius 3 is 2.54 bits per heavy atom. The molecule has 13 nitrogen and oxygen atoms in total. The van der Waals surface area contributed by atoms with Crippen LogP contribution in [0.1, 0.15) is 84.7 Å². The molecule has 2 saturated heterocycles. The number of H-pyrrole nitrogens is 1. The lowest BCUT2D eigenvalue weighted by atomic mass is 9.83. The fourth-order valence-corrected chi connectivity index (χ4v) is 8.38. The van der Waals surface area contributed by atoms with Crippen molar-refractivity contribution in [2.75, 3.05) is 25.0 Å². The van der Waals surface area contributed by atoms with E-state index in [9.17, 15) is 32.3 Å². The van der Waals surface area contributed by atoms with Crippen molar-refractivity contribution in [3.8, 4) is 0 Å². The maximum absolute atomic E-state index is 16.0. The molecule has 19 heteroatoms. The van der Waals surface area contributed by atoms with Crippen LogP contribution >= 0.6 is 0 Å². The number of nitrogens with zero attached hydrogens (tertiary/aromatic N) is 6. The van der Waals surface area contributed by atoms with Gasteiger partial charge < -0.3 is 10.3 Å². The molecular formula is C37H35F6N9O4. The zero-order valence-electron chi connectivity index (χ0n) is 29.6. The number of aromatic nitrogens is 6. The first-order valence-electron chi connectivity index (χ1n) is 18.2. The standard InChI is InChI=1S/C37H35F6N9O4/c38-25-13-21(45-33(54)26-14-44-15-29(46-26)37(41,42)43)12-20-17-51(49-31(20)25)22-6-4-19(5-7-22)16-50-11-10-24(36(39,40)18-50)23-2-1-3-27-32(23)48-35(56)52(27)28-8-9-30(53)47-34(28)55/h1-3,12-15,17,19,22,24,28H,4-11,16,18H2,(H,45,54)(H,48,56)(H,47,53,55)/t19?,22?,24-,28?/m0/s1. The van der Waals surface area contributed by atoms with Gasteiger partial charge >= 0.3 is 11.9 Å². The van der Waals surface area contributed by atoms with Gasteiger partial charge in [0, 0.05) is 30.2 Å². The molecule has 0 bridgehead atoms. The van der Waals surface area contributed by atoms with Gasteiger partial charge in [0.05, 0.1) is 41.9 Å². The number of rotatable bonds is 7. The van der Waals surface area contributed by atoms with E-state index in [1.54, 1.807) is 34.0 Å². The Morgan fingerprint density at radius 2 is 1.80 bits per heavy atom. The van der Waals surface area contributed by atoms with Crippen LogP contribution in [0.3, 0.4) is 0 Å². The number of alkyl halides is 5. The lowest BCUT2D eigenvalue weighted by Crippen LogP contribution is -2.49. The van der Waals surface area contributed by atoms with Crippen molar-refractivity contribution in [2.45, 2.75) is 75.0 Å². The maximum atomic E-state index is 16.0. The Morgan fingerprint density at radius 1 is 1.02 bits per heavy atom. The third kappa shape index (κ3) is 7.14. The molecule has 294 valence electrons. The minimum atomic E-state index is -4.80. The number of para-hydroxylation sites is 1. The van der Waals surface area contributed by atoms with Crippen LogP contribution in [0.15, 0.2) is 53.7 Å². The van der Waals surface area contributed by atoms with E-state index in [1.807, 2.05) is 0 Å². The van der Waals surface area contributed by atoms with Crippen molar-refractivity contribution in [1.29, 1.82) is 0 Å². The van der Waals surface area contributed by atoms with Gasteiger partial charge in [0.15, 0.2) is 11.5 Å². The fourth-order valence-electron chi connectivity index (χ4n) is 8.38. The van der Waals surface area contributed by atoms with Crippen LogP contribution in [-0.4, -0.2) is 77.5 Å². The van der Waals surface area contributed by atoms with E-state index in [-0.39, 0.29) is 47.9 Å². The molecule has 3 N–H and O–H groups in total. The molecular weight excluding hydrogens is 748 g/mol. The van der Waals surface area contributed by atoms with Crippen molar-refractivity contribution in [1.82, 2.24) is 39.5 Å². The number of halogens is 6.